The van der Waals surface area contributed by atoms with Gasteiger partial charge in [-0.1, -0.05) is 23.8 Å². The van der Waals surface area contributed by atoms with Crippen molar-refractivity contribution in [3.8, 4) is 5.75 Å². The molecule has 0 spiro atoms. The van der Waals surface area contributed by atoms with Crippen LogP contribution in [0.4, 0.5) is 17.2 Å². The summed E-state index contributed by atoms with van der Waals surface area (Å²) in [4.78, 5) is 4.38. The average molecular weight is 383 g/mol. The summed E-state index contributed by atoms with van der Waals surface area (Å²) in [5, 5.41) is 3.23. The number of rotatable bonds is 6. The van der Waals surface area contributed by atoms with Gasteiger partial charge in [0.1, 0.15) is 11.6 Å². The zero-order valence-electron chi connectivity index (χ0n) is 15.4. The molecule has 1 heterocycles. The second kappa shape index (κ2) is 7.67. The van der Waals surface area contributed by atoms with Crippen molar-refractivity contribution in [2.45, 2.75) is 18.7 Å². The molecule has 0 aliphatic carbocycles. The molecule has 0 unspecified atom stereocenters. The summed E-state index contributed by atoms with van der Waals surface area (Å²) in [5.41, 5.74) is 3.62. The Hall–Kier alpha value is -3.06. The van der Waals surface area contributed by atoms with Gasteiger partial charge in [0.05, 0.1) is 29.6 Å². The number of ether oxygens (including phenoxy) is 1. The Balaban J connectivity index is 1.76. The number of methoxy groups -OCH3 is 1. The van der Waals surface area contributed by atoms with Crippen molar-refractivity contribution in [3.05, 3.63) is 71.9 Å². The monoisotopic (exact) mass is 383 g/mol. The molecule has 0 radical (unpaired) electrons. The minimum Gasteiger partial charge on any atom is -0.495 e. The first-order valence-corrected chi connectivity index (χ1v) is 9.83. The van der Waals surface area contributed by atoms with Crippen molar-refractivity contribution in [1.29, 1.82) is 0 Å². The van der Waals surface area contributed by atoms with Crippen molar-refractivity contribution in [2.24, 2.45) is 0 Å². The van der Waals surface area contributed by atoms with Gasteiger partial charge in [-0.3, -0.25) is 4.72 Å². The third-order valence-electron chi connectivity index (χ3n) is 3.97. The number of nitrogens with zero attached hydrogens (tertiary/aromatic N) is 1. The van der Waals surface area contributed by atoms with Crippen LogP contribution in [0.3, 0.4) is 0 Å². The van der Waals surface area contributed by atoms with Gasteiger partial charge in [0.2, 0.25) is 0 Å². The van der Waals surface area contributed by atoms with E-state index in [-0.39, 0.29) is 10.7 Å². The molecule has 7 heteroatoms. The molecule has 0 atom stereocenters. The molecule has 2 N–H and O–H groups in total. The fourth-order valence-electron chi connectivity index (χ4n) is 2.52. The number of aromatic nitrogens is 1. The van der Waals surface area contributed by atoms with Gasteiger partial charge < -0.3 is 10.1 Å². The first-order valence-electron chi connectivity index (χ1n) is 8.34. The number of benzene rings is 2. The van der Waals surface area contributed by atoms with Gasteiger partial charge >= 0.3 is 0 Å². The maximum absolute atomic E-state index is 12.4. The Labute approximate surface area is 159 Å². The van der Waals surface area contributed by atoms with Gasteiger partial charge in [0, 0.05) is 0 Å². The highest BCUT2D eigenvalue weighted by Crippen LogP contribution is 2.28. The molecule has 0 aliphatic heterocycles. The lowest BCUT2D eigenvalue weighted by Gasteiger charge is -2.12. The van der Waals surface area contributed by atoms with E-state index in [1.807, 2.05) is 32.0 Å². The summed E-state index contributed by atoms with van der Waals surface area (Å²) in [5.74, 6) is 0.960. The second-order valence-corrected chi connectivity index (χ2v) is 7.86. The molecule has 6 nitrogen and oxygen atoms in total. The Morgan fingerprint density at radius 3 is 2.26 bits per heavy atom. The lowest BCUT2D eigenvalue weighted by Crippen LogP contribution is -2.13. The standard InChI is InChI=1S/C20H21N3O3S/c1-14-4-8-17(9-5-14)27(24,25)23-20-11-7-16(13-21-20)22-18-12-15(2)6-10-19(18)26-3/h4-13,22H,1-3H3,(H,21,23). The minimum absolute atomic E-state index is 0.196. The first-order chi connectivity index (χ1) is 12.9. The molecule has 140 valence electrons. The van der Waals surface area contributed by atoms with E-state index in [1.54, 1.807) is 49.7 Å². The highest BCUT2D eigenvalue weighted by molar-refractivity contribution is 7.92. The van der Waals surface area contributed by atoms with Gasteiger partial charge in [-0.2, -0.15) is 0 Å². The number of anilines is 3. The van der Waals surface area contributed by atoms with Gasteiger partial charge in [0.15, 0.2) is 0 Å². The summed E-state index contributed by atoms with van der Waals surface area (Å²) in [6.45, 7) is 3.89. The molecule has 0 saturated carbocycles. The molecule has 27 heavy (non-hydrogen) atoms. The maximum Gasteiger partial charge on any atom is 0.263 e. The number of hydrogen-bond donors (Lipinski definition) is 2. The fraction of sp³-hybridized carbons (Fsp3) is 0.150. The van der Waals surface area contributed by atoms with Gasteiger partial charge in [0.25, 0.3) is 10.0 Å². The molecule has 0 saturated heterocycles. The number of hydrogen-bond acceptors (Lipinski definition) is 5. The van der Waals surface area contributed by atoms with E-state index in [2.05, 4.69) is 15.0 Å². The van der Waals surface area contributed by atoms with Crippen molar-refractivity contribution < 1.29 is 13.2 Å². The van der Waals surface area contributed by atoms with Crippen LogP contribution in [-0.4, -0.2) is 20.5 Å². The fourth-order valence-corrected chi connectivity index (χ4v) is 3.53. The summed E-state index contributed by atoms with van der Waals surface area (Å²) in [7, 11) is -2.06. The van der Waals surface area contributed by atoms with Gasteiger partial charge in [-0.15, -0.1) is 0 Å². The SMILES string of the molecule is COc1ccc(C)cc1Nc1ccc(NS(=O)(=O)c2ccc(C)cc2)nc1. The summed E-state index contributed by atoms with van der Waals surface area (Å²) >= 11 is 0. The van der Waals surface area contributed by atoms with Crippen LogP contribution in [0.5, 0.6) is 5.75 Å². The van der Waals surface area contributed by atoms with Crippen LogP contribution in [0, 0.1) is 13.8 Å². The molecule has 3 rings (SSSR count). The zero-order valence-corrected chi connectivity index (χ0v) is 16.2. The van der Waals surface area contributed by atoms with E-state index < -0.39 is 10.0 Å². The number of sulfonamides is 1. The van der Waals surface area contributed by atoms with Crippen molar-refractivity contribution in [1.82, 2.24) is 4.98 Å². The van der Waals surface area contributed by atoms with Crippen molar-refractivity contribution >= 4 is 27.2 Å². The number of aryl methyl sites for hydroxylation is 2. The van der Waals surface area contributed by atoms with Crippen LogP contribution in [0.2, 0.25) is 0 Å². The highest BCUT2D eigenvalue weighted by Gasteiger charge is 2.14. The second-order valence-electron chi connectivity index (χ2n) is 6.18. The van der Waals surface area contributed by atoms with E-state index >= 15 is 0 Å². The maximum atomic E-state index is 12.4. The van der Waals surface area contributed by atoms with Crippen molar-refractivity contribution in [3.63, 3.8) is 0 Å². The van der Waals surface area contributed by atoms with Crippen LogP contribution in [-0.2, 0) is 10.0 Å². The zero-order chi connectivity index (χ0) is 19.4. The van der Waals surface area contributed by atoms with E-state index in [0.29, 0.717) is 5.75 Å². The van der Waals surface area contributed by atoms with Crippen LogP contribution in [0.1, 0.15) is 11.1 Å². The van der Waals surface area contributed by atoms with Gasteiger partial charge in [-0.25, -0.2) is 13.4 Å². The molecule has 3 aromatic rings. The normalized spacial score (nSPS) is 11.1. The summed E-state index contributed by atoms with van der Waals surface area (Å²) in [6.07, 6.45) is 1.56. The molecular formula is C20H21N3O3S. The minimum atomic E-state index is -3.67. The predicted octanol–water partition coefficient (Wildman–Crippen LogP) is 4.25. The number of pyridine rings is 1. The van der Waals surface area contributed by atoms with E-state index in [1.165, 1.54) is 0 Å². The molecule has 0 fully saturated rings. The topological polar surface area (TPSA) is 80.3 Å². The average Bonchev–Trinajstić information content (AvgIpc) is 2.64. The van der Waals surface area contributed by atoms with Crippen LogP contribution in [0.25, 0.3) is 0 Å². The molecule has 0 amide bonds. The number of nitrogens with one attached hydrogen (secondary N) is 2. The summed E-state index contributed by atoms with van der Waals surface area (Å²) < 4.78 is 32.7. The Morgan fingerprint density at radius 2 is 1.63 bits per heavy atom. The lowest BCUT2D eigenvalue weighted by molar-refractivity contribution is 0.416. The Bertz CT molecular complexity index is 1030. The Morgan fingerprint density at radius 1 is 0.926 bits per heavy atom. The van der Waals surface area contributed by atoms with Crippen molar-refractivity contribution in [2.75, 3.05) is 17.1 Å². The molecule has 2 aromatic carbocycles. The quantitative estimate of drug-likeness (QED) is 0.665. The molecular weight excluding hydrogens is 362 g/mol. The predicted molar refractivity (Wildman–Crippen MR) is 107 cm³/mol. The Kier molecular flexibility index (Phi) is 5.32. The van der Waals surface area contributed by atoms with Crippen LogP contribution < -0.4 is 14.8 Å². The van der Waals surface area contributed by atoms with Crippen LogP contribution >= 0.6 is 0 Å². The van der Waals surface area contributed by atoms with Gasteiger partial charge in [-0.05, 0) is 55.8 Å². The largest absolute Gasteiger partial charge is 0.495 e. The lowest BCUT2D eigenvalue weighted by atomic mass is 10.2. The van der Waals surface area contributed by atoms with E-state index in [0.717, 1.165) is 22.5 Å². The van der Waals surface area contributed by atoms with Crippen LogP contribution in [0.15, 0.2) is 65.7 Å². The highest BCUT2D eigenvalue weighted by atomic mass is 32.2. The third-order valence-corrected chi connectivity index (χ3v) is 5.34. The van der Waals surface area contributed by atoms with E-state index in [4.69, 9.17) is 4.74 Å². The molecule has 0 aliphatic rings. The molecule has 1 aromatic heterocycles. The van der Waals surface area contributed by atoms with E-state index in [9.17, 15) is 8.42 Å². The smallest absolute Gasteiger partial charge is 0.263 e. The summed E-state index contributed by atoms with van der Waals surface area (Å²) in [6, 6.07) is 15.8. The first kappa shape index (κ1) is 18.7. The third kappa shape index (κ3) is 4.57. The molecule has 0 bridgehead atoms.